The molecule has 2 aromatic heterocycles. The number of pyridine rings is 1. The molecular weight excluding hydrogens is 400 g/mol. The Morgan fingerprint density at radius 3 is 2.53 bits per heavy atom. The molecule has 0 amide bonds. The van der Waals surface area contributed by atoms with Crippen LogP contribution < -0.4 is 15.6 Å². The normalized spacial score (nSPS) is 14.7. The lowest BCUT2D eigenvalue weighted by Crippen LogP contribution is -2.32. The van der Waals surface area contributed by atoms with Crippen molar-refractivity contribution in [3.63, 3.8) is 0 Å². The minimum atomic E-state index is -0.0702. The van der Waals surface area contributed by atoms with Crippen LogP contribution in [0.4, 0.5) is 0 Å². The number of hydrogen-bond acceptors (Lipinski definition) is 4. The molecule has 0 spiro atoms. The van der Waals surface area contributed by atoms with Gasteiger partial charge in [-0.3, -0.25) is 4.79 Å². The molecule has 4 aromatic rings. The van der Waals surface area contributed by atoms with E-state index in [1.165, 1.54) is 32.1 Å². The van der Waals surface area contributed by atoms with Gasteiger partial charge in [0, 0.05) is 29.1 Å². The molecule has 2 N–H and O–H groups in total. The van der Waals surface area contributed by atoms with Gasteiger partial charge in [-0.05, 0) is 55.3 Å². The highest BCUT2D eigenvalue weighted by Crippen LogP contribution is 2.30. The van der Waals surface area contributed by atoms with E-state index in [1.807, 2.05) is 65.3 Å². The van der Waals surface area contributed by atoms with Gasteiger partial charge in [0.2, 0.25) is 0 Å². The molecular formula is C26H28N4O2. The molecule has 6 heteroatoms. The summed E-state index contributed by atoms with van der Waals surface area (Å²) < 4.78 is 7.12. The van der Waals surface area contributed by atoms with Crippen molar-refractivity contribution in [1.82, 2.24) is 20.1 Å². The highest BCUT2D eigenvalue weighted by Gasteiger charge is 2.18. The van der Waals surface area contributed by atoms with E-state index in [2.05, 4.69) is 10.3 Å². The van der Waals surface area contributed by atoms with Crippen LogP contribution in [0.25, 0.3) is 28.0 Å². The highest BCUT2D eigenvalue weighted by molar-refractivity contribution is 5.92. The number of aromatic amines is 1. The molecule has 0 atom stereocenters. The van der Waals surface area contributed by atoms with Crippen molar-refractivity contribution in [2.24, 2.45) is 0 Å². The molecule has 0 bridgehead atoms. The van der Waals surface area contributed by atoms with E-state index in [4.69, 9.17) is 9.84 Å². The lowest BCUT2D eigenvalue weighted by Gasteiger charge is -2.22. The number of aromatic nitrogens is 3. The van der Waals surface area contributed by atoms with Crippen LogP contribution in [0.2, 0.25) is 0 Å². The standard InChI is InChI=1S/C26H28N4O2/c1-32-22-14-12-18(13-15-22)24-23-16-19(17-27-20-8-4-2-5-9-20)26(31)28-25(23)30(29-24)21-10-6-3-7-11-21/h3,6-7,10-16,20,27H,2,4-5,8-9,17H2,1H3,(H,28,31). The second-order valence-corrected chi connectivity index (χ2v) is 8.43. The first-order valence-electron chi connectivity index (χ1n) is 11.3. The fourth-order valence-electron chi connectivity index (χ4n) is 4.53. The van der Waals surface area contributed by atoms with Gasteiger partial charge in [-0.15, -0.1) is 0 Å². The molecule has 1 aliphatic rings. The summed E-state index contributed by atoms with van der Waals surface area (Å²) >= 11 is 0. The summed E-state index contributed by atoms with van der Waals surface area (Å²) in [5, 5.41) is 9.42. The van der Waals surface area contributed by atoms with Crippen LogP contribution in [0.3, 0.4) is 0 Å². The van der Waals surface area contributed by atoms with E-state index >= 15 is 0 Å². The van der Waals surface area contributed by atoms with Gasteiger partial charge in [-0.2, -0.15) is 5.10 Å². The van der Waals surface area contributed by atoms with Crippen LogP contribution in [-0.4, -0.2) is 27.9 Å². The first-order valence-corrected chi connectivity index (χ1v) is 11.3. The Hall–Kier alpha value is -3.38. The zero-order chi connectivity index (χ0) is 21.9. The van der Waals surface area contributed by atoms with Crippen molar-refractivity contribution in [2.45, 2.75) is 44.7 Å². The van der Waals surface area contributed by atoms with Crippen molar-refractivity contribution >= 4 is 11.0 Å². The van der Waals surface area contributed by atoms with Crippen molar-refractivity contribution < 1.29 is 4.74 Å². The lowest BCUT2D eigenvalue weighted by molar-refractivity contribution is 0.372. The Morgan fingerprint density at radius 1 is 1.06 bits per heavy atom. The molecule has 164 valence electrons. The second-order valence-electron chi connectivity index (χ2n) is 8.43. The van der Waals surface area contributed by atoms with E-state index in [0.717, 1.165) is 33.6 Å². The maximum absolute atomic E-state index is 13.0. The van der Waals surface area contributed by atoms with Gasteiger partial charge in [-0.1, -0.05) is 37.5 Å². The number of nitrogens with zero attached hydrogens (tertiary/aromatic N) is 2. The summed E-state index contributed by atoms with van der Waals surface area (Å²) in [6.07, 6.45) is 6.21. The maximum atomic E-state index is 13.0. The maximum Gasteiger partial charge on any atom is 0.254 e. The molecule has 6 nitrogen and oxygen atoms in total. The molecule has 2 aromatic carbocycles. The Bertz CT molecular complexity index is 1250. The number of methoxy groups -OCH3 is 1. The van der Waals surface area contributed by atoms with Gasteiger partial charge in [-0.25, -0.2) is 4.68 Å². The van der Waals surface area contributed by atoms with Crippen LogP contribution in [0, 0.1) is 0 Å². The van der Waals surface area contributed by atoms with Crippen LogP contribution in [0.15, 0.2) is 65.5 Å². The van der Waals surface area contributed by atoms with E-state index in [0.29, 0.717) is 18.2 Å². The topological polar surface area (TPSA) is 71.9 Å². The van der Waals surface area contributed by atoms with Gasteiger partial charge >= 0.3 is 0 Å². The molecule has 2 heterocycles. The zero-order valence-corrected chi connectivity index (χ0v) is 18.3. The van der Waals surface area contributed by atoms with E-state index < -0.39 is 0 Å². The molecule has 0 unspecified atom stereocenters. The number of para-hydroxylation sites is 1. The minimum absolute atomic E-state index is 0.0702. The Kier molecular flexibility index (Phi) is 5.77. The zero-order valence-electron chi connectivity index (χ0n) is 18.3. The highest BCUT2D eigenvalue weighted by atomic mass is 16.5. The SMILES string of the molecule is COc1ccc(-c2nn(-c3ccccc3)c3[nH]c(=O)c(CNC4CCCCC4)cc23)cc1. The number of hydrogen-bond donors (Lipinski definition) is 2. The summed E-state index contributed by atoms with van der Waals surface area (Å²) in [5.41, 5.74) is 4.09. The van der Waals surface area contributed by atoms with Crippen molar-refractivity contribution in [1.29, 1.82) is 0 Å². The number of nitrogens with one attached hydrogen (secondary N) is 2. The average molecular weight is 429 g/mol. The van der Waals surface area contributed by atoms with Gasteiger partial charge in [0.25, 0.3) is 5.56 Å². The third-order valence-corrected chi connectivity index (χ3v) is 6.31. The number of ether oxygens (including phenoxy) is 1. The fraction of sp³-hybridized carbons (Fsp3) is 0.308. The number of fused-ring (bicyclic) bond motifs is 1. The summed E-state index contributed by atoms with van der Waals surface area (Å²) in [5.74, 6) is 0.798. The Balaban J connectivity index is 1.59. The molecule has 5 rings (SSSR count). The monoisotopic (exact) mass is 428 g/mol. The Labute approximate surface area is 187 Å². The fourth-order valence-corrected chi connectivity index (χ4v) is 4.53. The molecule has 0 aliphatic heterocycles. The summed E-state index contributed by atoms with van der Waals surface area (Å²) in [6, 6.07) is 20.2. The third-order valence-electron chi connectivity index (χ3n) is 6.31. The smallest absolute Gasteiger partial charge is 0.254 e. The first-order chi connectivity index (χ1) is 15.7. The van der Waals surface area contributed by atoms with Crippen molar-refractivity contribution in [2.75, 3.05) is 7.11 Å². The number of rotatable bonds is 6. The van der Waals surface area contributed by atoms with E-state index in [1.54, 1.807) is 7.11 Å². The molecule has 1 fully saturated rings. The number of benzene rings is 2. The predicted octanol–water partition coefficient (Wildman–Crippen LogP) is 4.81. The molecule has 0 radical (unpaired) electrons. The largest absolute Gasteiger partial charge is 0.497 e. The van der Waals surface area contributed by atoms with Crippen LogP contribution in [0.1, 0.15) is 37.7 Å². The summed E-state index contributed by atoms with van der Waals surface area (Å²) in [6.45, 7) is 0.564. The summed E-state index contributed by atoms with van der Waals surface area (Å²) in [4.78, 5) is 16.1. The molecule has 0 saturated heterocycles. The minimum Gasteiger partial charge on any atom is -0.497 e. The summed E-state index contributed by atoms with van der Waals surface area (Å²) in [7, 11) is 1.66. The first kappa shape index (κ1) is 20.5. The van der Waals surface area contributed by atoms with Gasteiger partial charge in [0.05, 0.1) is 12.8 Å². The predicted molar refractivity (Wildman–Crippen MR) is 127 cm³/mol. The quantitative estimate of drug-likeness (QED) is 0.462. The van der Waals surface area contributed by atoms with Gasteiger partial charge < -0.3 is 15.0 Å². The van der Waals surface area contributed by atoms with Gasteiger partial charge in [0.15, 0.2) is 0 Å². The van der Waals surface area contributed by atoms with Crippen molar-refractivity contribution in [3.8, 4) is 22.7 Å². The van der Waals surface area contributed by atoms with E-state index in [9.17, 15) is 4.79 Å². The van der Waals surface area contributed by atoms with Crippen LogP contribution in [-0.2, 0) is 6.54 Å². The van der Waals surface area contributed by atoms with Crippen LogP contribution >= 0.6 is 0 Å². The lowest BCUT2D eigenvalue weighted by atomic mass is 9.95. The Morgan fingerprint density at radius 2 is 1.81 bits per heavy atom. The second kappa shape index (κ2) is 9.01. The van der Waals surface area contributed by atoms with Gasteiger partial charge in [0.1, 0.15) is 17.1 Å². The average Bonchev–Trinajstić information content (AvgIpc) is 3.22. The van der Waals surface area contributed by atoms with Crippen LogP contribution in [0.5, 0.6) is 5.75 Å². The molecule has 32 heavy (non-hydrogen) atoms. The molecule has 1 aliphatic carbocycles. The number of H-pyrrole nitrogens is 1. The van der Waals surface area contributed by atoms with Crippen molar-refractivity contribution in [3.05, 3.63) is 76.6 Å². The van der Waals surface area contributed by atoms with E-state index in [-0.39, 0.29) is 5.56 Å². The third kappa shape index (κ3) is 4.06. The molecule has 1 saturated carbocycles.